The zero-order valence-corrected chi connectivity index (χ0v) is 26.4. The number of phenols is 1. The molecule has 1 fully saturated rings. The summed E-state index contributed by atoms with van der Waals surface area (Å²) in [5.74, 6) is -1.42. The molecule has 2 heterocycles. The van der Waals surface area contributed by atoms with Crippen LogP contribution in [0.2, 0.25) is 0 Å². The zero-order valence-electron chi connectivity index (χ0n) is 26.4. The highest BCUT2D eigenvalue weighted by Gasteiger charge is 2.40. The zero-order chi connectivity index (χ0) is 34.5. The van der Waals surface area contributed by atoms with Gasteiger partial charge < -0.3 is 45.7 Å². The smallest absolute Gasteiger partial charge is 0.345 e. The highest BCUT2D eigenvalue weighted by atomic mass is 16.5. The van der Waals surface area contributed by atoms with Crippen LogP contribution in [0.4, 0.5) is 5.69 Å². The van der Waals surface area contributed by atoms with Gasteiger partial charge in [-0.25, -0.2) is 4.79 Å². The van der Waals surface area contributed by atoms with Gasteiger partial charge >= 0.3 is 5.97 Å². The summed E-state index contributed by atoms with van der Waals surface area (Å²) in [6, 6.07) is 28.1. The highest BCUT2D eigenvalue weighted by Crippen LogP contribution is 2.32. The molecule has 0 radical (unpaired) electrons. The van der Waals surface area contributed by atoms with Crippen molar-refractivity contribution in [3.05, 3.63) is 136 Å². The van der Waals surface area contributed by atoms with Crippen molar-refractivity contribution in [3.8, 4) is 11.5 Å². The number of benzene rings is 4. The highest BCUT2D eigenvalue weighted by molar-refractivity contribution is 5.87. The van der Waals surface area contributed by atoms with Crippen molar-refractivity contribution < 1.29 is 34.8 Å². The summed E-state index contributed by atoms with van der Waals surface area (Å²) in [6.07, 6.45) is -0.855. The number of aliphatic hydroxyl groups is 2. The summed E-state index contributed by atoms with van der Waals surface area (Å²) in [7, 11) is 0. The second-order valence-electron chi connectivity index (χ2n) is 12.0. The Bertz CT molecular complexity index is 2010. The Kier molecular flexibility index (Phi) is 9.63. The van der Waals surface area contributed by atoms with E-state index in [0.29, 0.717) is 36.1 Å². The predicted molar refractivity (Wildman–Crippen MR) is 182 cm³/mol. The van der Waals surface area contributed by atoms with Gasteiger partial charge in [-0.2, -0.15) is 0 Å². The normalized spacial score (nSPS) is 14.9. The van der Waals surface area contributed by atoms with Crippen LogP contribution in [0, 0.1) is 0 Å². The minimum Gasteiger partial charge on any atom is -0.506 e. The Labute approximate surface area is 281 Å². The number of rotatable bonds is 13. The van der Waals surface area contributed by atoms with Crippen molar-refractivity contribution >= 4 is 28.5 Å². The van der Waals surface area contributed by atoms with Crippen molar-refractivity contribution in [1.82, 2.24) is 15.2 Å². The molecule has 2 atom stereocenters. The van der Waals surface area contributed by atoms with E-state index in [0.717, 1.165) is 11.3 Å². The molecule has 7 N–H and O–H groups in total. The number of aromatic nitrogens is 1. The molecule has 0 spiro atoms. The van der Waals surface area contributed by atoms with Crippen LogP contribution in [0.15, 0.2) is 108 Å². The van der Waals surface area contributed by atoms with Gasteiger partial charge in [0.25, 0.3) is 5.91 Å². The number of hydrogen-bond acceptors (Lipinski definition) is 9. The number of amides is 1. The lowest BCUT2D eigenvalue weighted by molar-refractivity contribution is -0.155. The number of aliphatic hydroxyl groups excluding tert-OH is 1. The maximum absolute atomic E-state index is 12.8. The fourth-order valence-electron chi connectivity index (χ4n) is 5.88. The first-order chi connectivity index (χ1) is 23.6. The molecule has 0 bridgehead atoms. The maximum atomic E-state index is 12.8. The standard InChI is InChI=1S/C37H36N4O8/c42-31-15-13-29(30-14-16-33(44)40-35(30)31)32(43)19-38-18-23-9-11-26(12-10-23)39-27-20-41(21-27)34(45)22-49-28-8-4-7-25(17-28)37(48,36(46)47)24-5-2-1-3-6-24/h1-17,27,32,38-39,42-43,48H,18-22H2,(H,40,44)(H,46,47)/t32-,37-/m0/s1. The average molecular weight is 665 g/mol. The van der Waals surface area contributed by atoms with Crippen LogP contribution >= 0.6 is 0 Å². The molecule has 5 aromatic rings. The van der Waals surface area contributed by atoms with E-state index in [9.17, 15) is 34.8 Å². The number of likely N-dealkylation sites (tertiary alicyclic amines) is 1. The van der Waals surface area contributed by atoms with Crippen LogP contribution in [0.1, 0.15) is 28.4 Å². The van der Waals surface area contributed by atoms with Gasteiger partial charge in [-0.3, -0.25) is 9.59 Å². The first-order valence-electron chi connectivity index (χ1n) is 15.7. The number of aromatic hydroxyl groups is 1. The van der Waals surface area contributed by atoms with Crippen molar-refractivity contribution in [2.24, 2.45) is 0 Å². The quantitative estimate of drug-likeness (QED) is 0.0987. The second-order valence-corrected chi connectivity index (χ2v) is 12.0. The Morgan fingerprint density at radius 2 is 1.67 bits per heavy atom. The van der Waals surface area contributed by atoms with E-state index in [1.807, 2.05) is 24.3 Å². The number of carbonyl (C=O) groups excluding carboxylic acids is 1. The summed E-state index contributed by atoms with van der Waals surface area (Å²) in [5.41, 5.74) is 0.517. The number of ether oxygens (including phenoxy) is 1. The van der Waals surface area contributed by atoms with Crippen LogP contribution < -0.4 is 20.9 Å². The van der Waals surface area contributed by atoms with E-state index in [1.54, 1.807) is 47.4 Å². The van der Waals surface area contributed by atoms with Gasteiger partial charge in [0.2, 0.25) is 11.2 Å². The van der Waals surface area contributed by atoms with E-state index >= 15 is 0 Å². The molecule has 1 aliphatic heterocycles. The third kappa shape index (κ3) is 7.26. The van der Waals surface area contributed by atoms with Crippen molar-refractivity contribution in [2.45, 2.75) is 24.3 Å². The van der Waals surface area contributed by atoms with Crippen LogP contribution in [-0.4, -0.2) is 74.5 Å². The first-order valence-corrected chi connectivity index (χ1v) is 15.7. The second kappa shape index (κ2) is 14.2. The number of H-pyrrole nitrogens is 1. The number of aromatic amines is 1. The lowest BCUT2D eigenvalue weighted by Gasteiger charge is -2.40. The SMILES string of the molecule is O=C(COc1cccc([C@](O)(C(=O)O)c2ccccc2)c1)N1CC(Nc2ccc(CNC[C@H](O)c3ccc(O)c4[nH]c(=O)ccc34)cc2)C1. The minimum absolute atomic E-state index is 0.0577. The van der Waals surface area contributed by atoms with Gasteiger partial charge in [0, 0.05) is 48.9 Å². The van der Waals surface area contributed by atoms with Crippen molar-refractivity contribution in [3.63, 3.8) is 0 Å². The van der Waals surface area contributed by atoms with E-state index in [-0.39, 0.29) is 53.3 Å². The molecular formula is C37H36N4O8. The first kappa shape index (κ1) is 33.2. The monoisotopic (exact) mass is 664 g/mol. The van der Waals surface area contributed by atoms with E-state index < -0.39 is 17.7 Å². The largest absolute Gasteiger partial charge is 0.506 e. The molecule has 0 aliphatic carbocycles. The Hall–Kier alpha value is -5.69. The van der Waals surface area contributed by atoms with Gasteiger partial charge in [-0.1, -0.05) is 60.7 Å². The van der Waals surface area contributed by atoms with Gasteiger partial charge in [-0.05, 0) is 53.1 Å². The molecule has 252 valence electrons. The molecule has 49 heavy (non-hydrogen) atoms. The number of nitrogens with one attached hydrogen (secondary N) is 3. The summed E-state index contributed by atoms with van der Waals surface area (Å²) in [6.45, 7) is 1.54. The molecule has 1 saturated heterocycles. The molecule has 6 rings (SSSR count). The topological polar surface area (TPSA) is 184 Å². The predicted octanol–water partition coefficient (Wildman–Crippen LogP) is 3.08. The third-order valence-corrected chi connectivity index (χ3v) is 8.61. The average Bonchev–Trinajstić information content (AvgIpc) is 3.09. The van der Waals surface area contributed by atoms with Gasteiger partial charge in [0.1, 0.15) is 11.5 Å². The van der Waals surface area contributed by atoms with Crippen LogP contribution in [0.3, 0.4) is 0 Å². The number of fused-ring (bicyclic) bond motifs is 1. The Morgan fingerprint density at radius 3 is 2.41 bits per heavy atom. The summed E-state index contributed by atoms with van der Waals surface area (Å²) < 4.78 is 5.68. The number of anilines is 1. The summed E-state index contributed by atoms with van der Waals surface area (Å²) >= 11 is 0. The Morgan fingerprint density at radius 1 is 0.939 bits per heavy atom. The molecule has 1 aromatic heterocycles. The van der Waals surface area contributed by atoms with E-state index in [1.165, 1.54) is 36.4 Å². The van der Waals surface area contributed by atoms with Gasteiger partial charge in [0.05, 0.1) is 17.7 Å². The number of phenolic OH excluding ortho intramolecular Hbond substituents is 1. The Balaban J connectivity index is 0.946. The van der Waals surface area contributed by atoms with E-state index in [2.05, 4.69) is 15.6 Å². The van der Waals surface area contributed by atoms with Crippen molar-refractivity contribution in [2.75, 3.05) is 31.6 Å². The minimum atomic E-state index is -2.27. The van der Waals surface area contributed by atoms with Crippen LogP contribution in [-0.2, 0) is 21.7 Å². The fourth-order valence-corrected chi connectivity index (χ4v) is 5.88. The molecule has 4 aromatic carbocycles. The number of pyridine rings is 1. The lowest BCUT2D eigenvalue weighted by Crippen LogP contribution is -2.58. The lowest BCUT2D eigenvalue weighted by atomic mass is 9.86. The molecule has 12 nitrogen and oxygen atoms in total. The molecule has 1 amide bonds. The number of carboxylic acids is 1. The van der Waals surface area contributed by atoms with Crippen LogP contribution in [0.5, 0.6) is 11.5 Å². The van der Waals surface area contributed by atoms with E-state index in [4.69, 9.17) is 4.74 Å². The number of hydrogen-bond donors (Lipinski definition) is 7. The molecule has 0 unspecified atom stereocenters. The number of carboxylic acid groups (broad SMARTS) is 1. The number of aliphatic carboxylic acids is 1. The summed E-state index contributed by atoms with van der Waals surface area (Å²) in [4.78, 5) is 40.8. The number of carbonyl (C=O) groups is 2. The summed E-state index contributed by atoms with van der Waals surface area (Å²) in [5, 5.41) is 49.0. The van der Waals surface area contributed by atoms with Crippen molar-refractivity contribution in [1.29, 1.82) is 0 Å². The fraction of sp³-hybridized carbons (Fsp3) is 0.216. The maximum Gasteiger partial charge on any atom is 0.345 e. The molecule has 12 heteroatoms. The van der Waals surface area contributed by atoms with Crippen LogP contribution in [0.25, 0.3) is 10.9 Å². The van der Waals surface area contributed by atoms with Gasteiger partial charge in [0.15, 0.2) is 6.61 Å². The number of nitrogens with zero attached hydrogens (tertiary/aromatic N) is 1. The molecule has 1 aliphatic rings. The van der Waals surface area contributed by atoms with Gasteiger partial charge in [-0.15, -0.1) is 0 Å². The third-order valence-electron chi connectivity index (χ3n) is 8.61. The molecular weight excluding hydrogens is 628 g/mol. The molecule has 0 saturated carbocycles.